The average Bonchev–Trinajstić information content (AvgIpc) is 2.21. The van der Waals surface area contributed by atoms with Gasteiger partial charge in [-0.05, 0) is 39.5 Å². The summed E-state index contributed by atoms with van der Waals surface area (Å²) in [6.45, 7) is 3.08. The highest BCUT2D eigenvalue weighted by atomic mass is 79.9. The summed E-state index contributed by atoms with van der Waals surface area (Å²) in [6.07, 6.45) is 0. The van der Waals surface area contributed by atoms with Gasteiger partial charge in [0.15, 0.2) is 15.1 Å². The monoisotopic (exact) mass is 352 g/mol. The first-order chi connectivity index (χ1) is 8.65. The molecule has 1 atom stereocenters. The predicted molar refractivity (Wildman–Crippen MR) is 73.0 cm³/mol. The van der Waals surface area contributed by atoms with E-state index >= 15 is 0 Å². The maximum absolute atomic E-state index is 13.1. The Morgan fingerprint density at radius 2 is 2.00 bits per heavy atom. The molecule has 4 nitrogen and oxygen atoms in total. The molecule has 106 valence electrons. The van der Waals surface area contributed by atoms with Crippen LogP contribution in [0, 0.1) is 11.7 Å². The molecule has 0 fully saturated rings. The van der Waals surface area contributed by atoms with Gasteiger partial charge in [-0.3, -0.25) is 4.79 Å². The maximum atomic E-state index is 13.1. The van der Waals surface area contributed by atoms with Gasteiger partial charge in [0.05, 0.1) is 10.2 Å². The predicted octanol–water partition coefficient (Wildman–Crippen LogP) is 2.61. The standard InChI is InChI=1S/C12H14BrFO4S/c1-7(2)11(12(15)16)19(17,18)6-8-3-4-10(14)9(13)5-8/h3-5,7,11H,6H2,1-2H3,(H,15,16). The zero-order chi connectivity index (χ0) is 14.8. The second-order valence-corrected chi connectivity index (χ2v) is 7.54. The quantitative estimate of drug-likeness (QED) is 0.883. The van der Waals surface area contributed by atoms with Gasteiger partial charge < -0.3 is 5.11 Å². The van der Waals surface area contributed by atoms with Crippen LogP contribution in [0.1, 0.15) is 19.4 Å². The lowest BCUT2D eigenvalue weighted by molar-refractivity contribution is -0.137. The van der Waals surface area contributed by atoms with Crippen LogP contribution in [0.15, 0.2) is 22.7 Å². The van der Waals surface area contributed by atoms with Gasteiger partial charge in [-0.1, -0.05) is 19.9 Å². The Bertz CT molecular complexity index is 583. The molecule has 1 aromatic rings. The number of hydrogen-bond donors (Lipinski definition) is 1. The minimum atomic E-state index is -3.85. The minimum Gasteiger partial charge on any atom is -0.480 e. The summed E-state index contributed by atoms with van der Waals surface area (Å²) in [5, 5.41) is 7.55. The lowest BCUT2D eigenvalue weighted by Crippen LogP contribution is -2.35. The molecule has 7 heteroatoms. The Kier molecular flexibility index (Phi) is 5.09. The van der Waals surface area contributed by atoms with E-state index in [0.717, 1.165) is 6.07 Å². The van der Waals surface area contributed by atoms with Gasteiger partial charge in [0.2, 0.25) is 0 Å². The van der Waals surface area contributed by atoms with Gasteiger partial charge in [0, 0.05) is 0 Å². The molecule has 0 heterocycles. The molecule has 1 rings (SSSR count). The number of benzene rings is 1. The van der Waals surface area contributed by atoms with Gasteiger partial charge >= 0.3 is 5.97 Å². The van der Waals surface area contributed by atoms with E-state index in [2.05, 4.69) is 15.9 Å². The number of carboxylic acid groups (broad SMARTS) is 1. The highest BCUT2D eigenvalue weighted by molar-refractivity contribution is 9.10. The van der Waals surface area contributed by atoms with Crippen molar-refractivity contribution >= 4 is 31.7 Å². The lowest BCUT2D eigenvalue weighted by atomic mass is 10.1. The van der Waals surface area contributed by atoms with E-state index in [1.165, 1.54) is 26.0 Å². The lowest BCUT2D eigenvalue weighted by Gasteiger charge is -2.17. The topological polar surface area (TPSA) is 71.4 Å². The number of carboxylic acids is 1. The first-order valence-electron chi connectivity index (χ1n) is 5.53. The summed E-state index contributed by atoms with van der Waals surface area (Å²) in [4.78, 5) is 11.1. The normalized spacial score (nSPS) is 13.5. The summed E-state index contributed by atoms with van der Waals surface area (Å²) in [5.41, 5.74) is 0.347. The van der Waals surface area contributed by atoms with Crippen LogP contribution in [0.4, 0.5) is 4.39 Å². The number of halogens is 2. The van der Waals surface area contributed by atoms with Crippen molar-refractivity contribution in [1.29, 1.82) is 0 Å². The number of aliphatic carboxylic acids is 1. The fourth-order valence-electron chi connectivity index (χ4n) is 1.80. The minimum absolute atomic E-state index is 0.150. The van der Waals surface area contributed by atoms with Gasteiger partial charge in [0.25, 0.3) is 0 Å². The van der Waals surface area contributed by atoms with Gasteiger partial charge in [-0.25, -0.2) is 12.8 Å². The molecule has 1 aromatic carbocycles. The number of carbonyl (C=O) groups is 1. The summed E-state index contributed by atoms with van der Waals surface area (Å²) in [5.74, 6) is -2.83. The van der Waals surface area contributed by atoms with Crippen molar-refractivity contribution in [2.24, 2.45) is 5.92 Å². The molecule has 0 radical (unpaired) electrons. The SMILES string of the molecule is CC(C)C(C(=O)O)S(=O)(=O)Cc1ccc(F)c(Br)c1. The molecule has 1 N–H and O–H groups in total. The molecule has 0 aliphatic carbocycles. The van der Waals surface area contributed by atoms with Crippen molar-refractivity contribution < 1.29 is 22.7 Å². The zero-order valence-corrected chi connectivity index (χ0v) is 12.8. The van der Waals surface area contributed by atoms with Crippen molar-refractivity contribution in [2.45, 2.75) is 24.9 Å². The van der Waals surface area contributed by atoms with Crippen LogP contribution < -0.4 is 0 Å². The fraction of sp³-hybridized carbons (Fsp3) is 0.417. The Morgan fingerprint density at radius 3 is 2.42 bits per heavy atom. The third kappa shape index (κ3) is 4.01. The van der Waals surface area contributed by atoms with Crippen molar-refractivity contribution in [3.8, 4) is 0 Å². The largest absolute Gasteiger partial charge is 0.480 e. The Labute approximate surface area is 119 Å². The second-order valence-electron chi connectivity index (χ2n) is 4.56. The first-order valence-corrected chi connectivity index (χ1v) is 8.04. The summed E-state index contributed by atoms with van der Waals surface area (Å²) in [6, 6.07) is 3.81. The molecule has 0 bridgehead atoms. The molecule has 0 aliphatic rings. The summed E-state index contributed by atoms with van der Waals surface area (Å²) < 4.78 is 37.4. The molecule has 0 saturated carbocycles. The highest BCUT2D eigenvalue weighted by Crippen LogP contribution is 2.22. The third-order valence-electron chi connectivity index (χ3n) is 2.59. The molecule has 19 heavy (non-hydrogen) atoms. The van der Waals surface area contributed by atoms with E-state index in [1.807, 2.05) is 0 Å². The summed E-state index contributed by atoms with van der Waals surface area (Å²) >= 11 is 2.96. The van der Waals surface area contributed by atoms with Crippen LogP contribution in [0.5, 0.6) is 0 Å². The second kappa shape index (κ2) is 6.00. The highest BCUT2D eigenvalue weighted by Gasteiger charge is 2.35. The van der Waals surface area contributed by atoms with E-state index in [0.29, 0.717) is 5.56 Å². The number of hydrogen-bond acceptors (Lipinski definition) is 3. The number of sulfone groups is 1. The van der Waals surface area contributed by atoms with Gasteiger partial charge in [0.1, 0.15) is 5.82 Å². The smallest absolute Gasteiger partial charge is 0.322 e. The molecule has 0 aliphatic heterocycles. The van der Waals surface area contributed by atoms with Crippen molar-refractivity contribution in [3.63, 3.8) is 0 Å². The first kappa shape index (κ1) is 16.1. The van der Waals surface area contributed by atoms with Crippen molar-refractivity contribution in [2.75, 3.05) is 0 Å². The van der Waals surface area contributed by atoms with Crippen LogP contribution >= 0.6 is 15.9 Å². The van der Waals surface area contributed by atoms with Crippen LogP contribution in [0.25, 0.3) is 0 Å². The van der Waals surface area contributed by atoms with Gasteiger partial charge in [-0.2, -0.15) is 0 Å². The summed E-state index contributed by atoms with van der Waals surface area (Å²) in [7, 11) is -3.85. The van der Waals surface area contributed by atoms with E-state index in [1.54, 1.807) is 0 Å². The Hall–Kier alpha value is -0.950. The molecule has 0 saturated heterocycles. The van der Waals surface area contributed by atoms with Crippen molar-refractivity contribution in [1.82, 2.24) is 0 Å². The van der Waals surface area contributed by atoms with E-state index in [9.17, 15) is 17.6 Å². The Balaban J connectivity index is 3.08. The molecule has 0 amide bonds. The molecular formula is C12H14BrFO4S. The van der Waals surface area contributed by atoms with Gasteiger partial charge in [-0.15, -0.1) is 0 Å². The third-order valence-corrected chi connectivity index (χ3v) is 5.45. The van der Waals surface area contributed by atoms with Crippen molar-refractivity contribution in [3.05, 3.63) is 34.1 Å². The van der Waals surface area contributed by atoms with Crippen LogP contribution in [-0.2, 0) is 20.4 Å². The average molecular weight is 353 g/mol. The Morgan fingerprint density at radius 1 is 1.42 bits per heavy atom. The van der Waals surface area contributed by atoms with E-state index < -0.39 is 38.5 Å². The van der Waals surface area contributed by atoms with E-state index in [-0.39, 0.29) is 4.47 Å². The molecule has 0 spiro atoms. The number of rotatable bonds is 5. The molecule has 0 aromatic heterocycles. The van der Waals surface area contributed by atoms with Crippen LogP contribution in [0.3, 0.4) is 0 Å². The molecule has 1 unspecified atom stereocenters. The zero-order valence-electron chi connectivity index (χ0n) is 10.4. The fourth-order valence-corrected chi connectivity index (χ4v) is 4.19. The maximum Gasteiger partial charge on any atom is 0.322 e. The van der Waals surface area contributed by atoms with Crippen LogP contribution in [-0.4, -0.2) is 24.7 Å². The molecular weight excluding hydrogens is 339 g/mol. The van der Waals surface area contributed by atoms with Crippen LogP contribution in [0.2, 0.25) is 0 Å². The van der Waals surface area contributed by atoms with E-state index in [4.69, 9.17) is 5.11 Å².